The lowest BCUT2D eigenvalue weighted by Crippen LogP contribution is -1.77. The third-order valence-corrected chi connectivity index (χ3v) is 1.66. The third-order valence-electron chi connectivity index (χ3n) is 1.04. The topological polar surface area (TPSA) is 38.7 Å². The maximum atomic E-state index is 3.99. The Morgan fingerprint density at radius 3 is 3.33 bits per heavy atom. The summed E-state index contributed by atoms with van der Waals surface area (Å²) in [5.41, 5.74) is 2.76. The molecule has 0 saturated carbocycles. The Morgan fingerprint density at radius 1 is 1.44 bits per heavy atom. The van der Waals surface area contributed by atoms with Gasteiger partial charge in [0.05, 0.1) is 17.3 Å². The Morgan fingerprint density at radius 2 is 2.44 bits per heavy atom. The molecule has 2 rings (SSSR count). The van der Waals surface area contributed by atoms with Crippen molar-refractivity contribution >= 4 is 11.3 Å². The fraction of sp³-hybridized carbons (Fsp3) is 0. The molecule has 0 radical (unpaired) electrons. The molecule has 2 heterocycles. The van der Waals surface area contributed by atoms with E-state index in [-0.39, 0.29) is 0 Å². The Hall–Kier alpha value is -1.03. The van der Waals surface area contributed by atoms with Crippen LogP contribution < -0.4 is 0 Å². The van der Waals surface area contributed by atoms with E-state index in [1.165, 1.54) is 0 Å². The molecular formula is C5H3N3S. The van der Waals surface area contributed by atoms with Crippen LogP contribution in [-0.4, -0.2) is 15.2 Å². The summed E-state index contributed by atoms with van der Waals surface area (Å²) in [6.45, 7) is 0. The summed E-state index contributed by atoms with van der Waals surface area (Å²) in [5.74, 6) is 0.730. The first-order chi connectivity index (χ1) is 4.47. The average molecular weight is 137 g/mol. The minimum atomic E-state index is 0.730. The van der Waals surface area contributed by atoms with Crippen molar-refractivity contribution in [3.8, 4) is 11.4 Å². The van der Waals surface area contributed by atoms with E-state index >= 15 is 0 Å². The lowest BCUT2D eigenvalue weighted by molar-refractivity contribution is 1.07. The Labute approximate surface area is 55.7 Å². The number of hydrogen-bond donors (Lipinski definition) is 0. The molecule has 0 N–H and O–H groups in total. The molecule has 0 amide bonds. The Balaban J connectivity index is 2.79. The van der Waals surface area contributed by atoms with Gasteiger partial charge in [-0.1, -0.05) is 0 Å². The monoisotopic (exact) mass is 137 g/mol. The zero-order chi connectivity index (χ0) is 6.10. The molecule has 0 aromatic rings. The van der Waals surface area contributed by atoms with E-state index in [9.17, 15) is 0 Å². The van der Waals surface area contributed by atoms with Gasteiger partial charge in [0.25, 0.3) is 0 Å². The average Bonchev–Trinajstić information content (AvgIpc) is 2.33. The summed E-state index contributed by atoms with van der Waals surface area (Å²) in [6.07, 6.45) is 1.71. The lowest BCUT2D eigenvalue weighted by Gasteiger charge is -1.86. The highest BCUT2D eigenvalue weighted by atomic mass is 32.1. The molecule has 0 unspecified atom stereocenters. The molecule has 3 nitrogen and oxygen atoms in total. The smallest absolute Gasteiger partial charge is 0.184 e. The van der Waals surface area contributed by atoms with Gasteiger partial charge in [-0.15, -0.1) is 16.4 Å². The van der Waals surface area contributed by atoms with Gasteiger partial charge in [-0.05, 0) is 0 Å². The minimum Gasteiger partial charge on any atom is -0.224 e. The van der Waals surface area contributed by atoms with Gasteiger partial charge in [0, 0.05) is 5.38 Å². The maximum absolute atomic E-state index is 3.99. The number of fused-ring (bicyclic) bond motifs is 1. The van der Waals surface area contributed by atoms with Crippen LogP contribution in [0.1, 0.15) is 0 Å². The molecule has 0 aromatic carbocycles. The zero-order valence-electron chi connectivity index (χ0n) is 4.48. The van der Waals surface area contributed by atoms with E-state index in [0.717, 1.165) is 11.4 Å². The van der Waals surface area contributed by atoms with Gasteiger partial charge >= 0.3 is 0 Å². The SMILES string of the molecule is c1nc2nncc-2cs1. The molecular weight excluding hydrogens is 134 g/mol. The fourth-order valence-electron chi connectivity index (χ4n) is 0.629. The summed E-state index contributed by atoms with van der Waals surface area (Å²) in [4.78, 5) is 3.99. The van der Waals surface area contributed by atoms with E-state index in [1.54, 1.807) is 23.0 Å². The molecule has 0 spiro atoms. The van der Waals surface area contributed by atoms with Crippen LogP contribution in [0, 0.1) is 0 Å². The molecule has 0 fully saturated rings. The van der Waals surface area contributed by atoms with Crippen LogP contribution in [0.25, 0.3) is 11.4 Å². The number of nitrogens with zero attached hydrogens (tertiary/aromatic N) is 3. The third kappa shape index (κ3) is 0.675. The summed E-state index contributed by atoms with van der Waals surface area (Å²) < 4.78 is 0. The van der Waals surface area contributed by atoms with E-state index < -0.39 is 0 Å². The largest absolute Gasteiger partial charge is 0.224 e. The molecule has 44 valence electrons. The number of rotatable bonds is 0. The number of hydrogen-bond acceptors (Lipinski definition) is 4. The van der Waals surface area contributed by atoms with Crippen molar-refractivity contribution < 1.29 is 0 Å². The van der Waals surface area contributed by atoms with Crippen LogP contribution in [-0.2, 0) is 0 Å². The highest BCUT2D eigenvalue weighted by Gasteiger charge is 2.02. The van der Waals surface area contributed by atoms with Gasteiger partial charge in [-0.2, -0.15) is 5.10 Å². The predicted molar refractivity (Wildman–Crippen MR) is 34.3 cm³/mol. The van der Waals surface area contributed by atoms with Gasteiger partial charge in [-0.3, -0.25) is 0 Å². The van der Waals surface area contributed by atoms with Crippen molar-refractivity contribution in [2.45, 2.75) is 0 Å². The van der Waals surface area contributed by atoms with Gasteiger partial charge in [-0.25, -0.2) is 4.98 Å². The van der Waals surface area contributed by atoms with Crippen LogP contribution in [0.3, 0.4) is 0 Å². The Bertz CT molecular complexity index is 252. The molecule has 2 aliphatic rings. The lowest BCUT2D eigenvalue weighted by atomic mass is 10.4. The zero-order valence-corrected chi connectivity index (χ0v) is 5.30. The molecule has 0 bridgehead atoms. The maximum Gasteiger partial charge on any atom is 0.184 e. The molecule has 0 aliphatic carbocycles. The number of aromatic nitrogens is 3. The molecule has 9 heavy (non-hydrogen) atoms. The van der Waals surface area contributed by atoms with Crippen LogP contribution in [0.2, 0.25) is 0 Å². The summed E-state index contributed by atoms with van der Waals surface area (Å²) >= 11 is 1.55. The van der Waals surface area contributed by atoms with Crippen molar-refractivity contribution in [1.29, 1.82) is 0 Å². The van der Waals surface area contributed by atoms with Crippen LogP contribution >= 0.6 is 11.3 Å². The van der Waals surface area contributed by atoms with E-state index in [0.29, 0.717) is 0 Å². The van der Waals surface area contributed by atoms with Crippen molar-refractivity contribution in [3.63, 3.8) is 0 Å². The van der Waals surface area contributed by atoms with Gasteiger partial charge in [0.2, 0.25) is 0 Å². The standard InChI is InChI=1S/C5H3N3S/c1-4-2-9-3-6-5(4)8-7-1/h1-3H. The normalized spacial score (nSPS) is 10.2. The van der Waals surface area contributed by atoms with Gasteiger partial charge in [0.15, 0.2) is 5.82 Å². The van der Waals surface area contributed by atoms with Crippen LogP contribution in [0.4, 0.5) is 0 Å². The second-order valence-electron chi connectivity index (χ2n) is 1.61. The van der Waals surface area contributed by atoms with Crippen molar-refractivity contribution in [2.75, 3.05) is 0 Å². The molecule has 4 heteroatoms. The fourth-order valence-corrected chi connectivity index (χ4v) is 1.16. The highest BCUT2D eigenvalue weighted by molar-refractivity contribution is 7.07. The Kier molecular flexibility index (Phi) is 0.927. The first-order valence-electron chi connectivity index (χ1n) is 2.46. The molecule has 0 saturated heterocycles. The van der Waals surface area contributed by atoms with Gasteiger partial charge < -0.3 is 0 Å². The summed E-state index contributed by atoms with van der Waals surface area (Å²) in [5, 5.41) is 9.43. The molecule has 0 aromatic heterocycles. The molecule has 0 atom stereocenters. The van der Waals surface area contributed by atoms with Crippen LogP contribution in [0.15, 0.2) is 17.1 Å². The second-order valence-corrected chi connectivity index (χ2v) is 2.33. The summed E-state index contributed by atoms with van der Waals surface area (Å²) in [6, 6.07) is 0. The van der Waals surface area contributed by atoms with Gasteiger partial charge in [0.1, 0.15) is 0 Å². The van der Waals surface area contributed by atoms with Crippen molar-refractivity contribution in [3.05, 3.63) is 17.1 Å². The van der Waals surface area contributed by atoms with E-state index in [2.05, 4.69) is 15.2 Å². The van der Waals surface area contributed by atoms with Crippen molar-refractivity contribution in [2.24, 2.45) is 0 Å². The molecule has 2 aliphatic heterocycles. The highest BCUT2D eigenvalue weighted by Crippen LogP contribution is 2.15. The minimum absolute atomic E-state index is 0.730. The first kappa shape index (κ1) is 4.81. The second kappa shape index (κ2) is 1.73. The van der Waals surface area contributed by atoms with Crippen LogP contribution in [0.5, 0.6) is 0 Å². The van der Waals surface area contributed by atoms with E-state index in [4.69, 9.17) is 0 Å². The van der Waals surface area contributed by atoms with Crippen molar-refractivity contribution in [1.82, 2.24) is 15.2 Å². The summed E-state index contributed by atoms with van der Waals surface area (Å²) in [7, 11) is 0. The quantitative estimate of drug-likeness (QED) is 0.544. The first-order valence-corrected chi connectivity index (χ1v) is 3.41. The van der Waals surface area contributed by atoms with E-state index in [1.807, 2.05) is 5.38 Å². The predicted octanol–water partition coefficient (Wildman–Crippen LogP) is 1.04.